The van der Waals surface area contributed by atoms with Crippen LogP contribution in [0.4, 0.5) is 0 Å². The minimum absolute atomic E-state index is 0.0186. The minimum atomic E-state index is -0.223. The number of nitrogens with one attached hydrogen (secondary N) is 2. The zero-order valence-electron chi connectivity index (χ0n) is 15.5. The number of allylic oxidation sites excluding steroid dienone is 1. The van der Waals surface area contributed by atoms with Crippen LogP contribution in [0.25, 0.3) is 21.9 Å². The summed E-state index contributed by atoms with van der Waals surface area (Å²) in [7, 11) is 0. The molecule has 0 spiro atoms. The molecule has 6 heteroatoms. The summed E-state index contributed by atoms with van der Waals surface area (Å²) < 4.78 is 1.36. The molecule has 3 aromatic rings. The second kappa shape index (κ2) is 7.39. The minimum Gasteiger partial charge on any atom is -0.354 e. The number of carbonyl (C=O) groups excluding carboxylic acids is 1. The first-order valence-corrected chi connectivity index (χ1v) is 9.54. The zero-order chi connectivity index (χ0) is 18.8. The number of H-pyrrole nitrogens is 1. The predicted molar refractivity (Wildman–Crippen MR) is 107 cm³/mol. The van der Waals surface area contributed by atoms with E-state index in [2.05, 4.69) is 21.4 Å². The van der Waals surface area contributed by atoms with Gasteiger partial charge in [-0.1, -0.05) is 23.3 Å². The lowest BCUT2D eigenvalue weighted by atomic mass is 9.97. The van der Waals surface area contributed by atoms with Gasteiger partial charge in [0.05, 0.1) is 6.33 Å². The zero-order valence-corrected chi connectivity index (χ0v) is 15.5. The number of nitrogens with zero attached hydrogens (tertiary/aromatic N) is 2. The predicted octanol–water partition coefficient (Wildman–Crippen LogP) is 3.19. The van der Waals surface area contributed by atoms with E-state index in [9.17, 15) is 9.59 Å². The van der Waals surface area contributed by atoms with Crippen LogP contribution in [0.2, 0.25) is 0 Å². The van der Waals surface area contributed by atoms with Crippen molar-refractivity contribution in [3.05, 3.63) is 52.1 Å². The first-order chi connectivity index (χ1) is 13.1. The van der Waals surface area contributed by atoms with Gasteiger partial charge < -0.3 is 10.3 Å². The number of aromatic nitrogens is 3. The summed E-state index contributed by atoms with van der Waals surface area (Å²) in [6.07, 6.45) is 9.43. The Hall–Kier alpha value is -2.89. The molecule has 140 valence electrons. The fourth-order valence-electron chi connectivity index (χ4n) is 3.72. The highest BCUT2D eigenvalue weighted by Gasteiger charge is 2.13. The topological polar surface area (TPSA) is 79.8 Å². The maximum Gasteiger partial charge on any atom is 0.278 e. The summed E-state index contributed by atoms with van der Waals surface area (Å²) in [5, 5.41) is 3.84. The Kier molecular flexibility index (Phi) is 4.79. The molecule has 1 amide bonds. The first-order valence-electron chi connectivity index (χ1n) is 9.54. The van der Waals surface area contributed by atoms with Crippen molar-refractivity contribution in [2.45, 2.75) is 45.6 Å². The van der Waals surface area contributed by atoms with Gasteiger partial charge in [-0.2, -0.15) is 0 Å². The summed E-state index contributed by atoms with van der Waals surface area (Å²) >= 11 is 0. The van der Waals surface area contributed by atoms with Crippen molar-refractivity contribution in [1.82, 2.24) is 19.9 Å². The van der Waals surface area contributed by atoms with E-state index in [-0.39, 0.29) is 18.0 Å². The van der Waals surface area contributed by atoms with Crippen LogP contribution >= 0.6 is 0 Å². The Morgan fingerprint density at radius 1 is 1.33 bits per heavy atom. The van der Waals surface area contributed by atoms with Crippen LogP contribution in [0.1, 0.15) is 37.7 Å². The third-order valence-corrected chi connectivity index (χ3v) is 5.19. The van der Waals surface area contributed by atoms with Crippen molar-refractivity contribution in [2.75, 3.05) is 6.54 Å². The van der Waals surface area contributed by atoms with E-state index in [1.807, 2.05) is 25.1 Å². The summed E-state index contributed by atoms with van der Waals surface area (Å²) in [4.78, 5) is 32.5. The van der Waals surface area contributed by atoms with E-state index in [1.165, 1.54) is 29.3 Å². The number of carbonyl (C=O) groups is 1. The highest BCUT2D eigenvalue weighted by Crippen LogP contribution is 2.22. The molecule has 1 aliphatic carbocycles. The van der Waals surface area contributed by atoms with Crippen molar-refractivity contribution in [3.63, 3.8) is 0 Å². The van der Waals surface area contributed by atoms with Crippen molar-refractivity contribution >= 4 is 27.8 Å². The number of fused-ring (bicyclic) bond motifs is 3. The second-order valence-corrected chi connectivity index (χ2v) is 7.28. The highest BCUT2D eigenvalue weighted by molar-refractivity contribution is 6.04. The van der Waals surface area contributed by atoms with Gasteiger partial charge in [0.2, 0.25) is 5.91 Å². The Labute approximate surface area is 157 Å². The summed E-state index contributed by atoms with van der Waals surface area (Å²) in [5.74, 6) is -0.165. The SMILES string of the molecule is Cc1ccc2[nH]c3c(=O)n(CC(=O)NCCC4=CCCCC4)cnc3c2c1. The van der Waals surface area contributed by atoms with Crippen LogP contribution in [0, 0.1) is 6.92 Å². The average Bonchev–Trinajstić information content (AvgIpc) is 3.03. The molecule has 1 aromatic carbocycles. The number of rotatable bonds is 5. The van der Waals surface area contributed by atoms with Crippen molar-refractivity contribution in [3.8, 4) is 0 Å². The van der Waals surface area contributed by atoms with E-state index in [1.54, 1.807) is 0 Å². The molecule has 2 heterocycles. The van der Waals surface area contributed by atoms with Gasteiger partial charge >= 0.3 is 0 Å². The quantitative estimate of drug-likeness (QED) is 0.682. The number of hydrogen-bond acceptors (Lipinski definition) is 3. The largest absolute Gasteiger partial charge is 0.354 e. The van der Waals surface area contributed by atoms with Gasteiger partial charge in [0.25, 0.3) is 5.56 Å². The number of hydrogen-bond donors (Lipinski definition) is 2. The molecule has 0 radical (unpaired) electrons. The Bertz CT molecular complexity index is 1090. The molecule has 4 rings (SSSR count). The average molecular weight is 364 g/mol. The van der Waals surface area contributed by atoms with E-state index >= 15 is 0 Å². The molecular weight excluding hydrogens is 340 g/mol. The Morgan fingerprint density at radius 2 is 2.22 bits per heavy atom. The van der Waals surface area contributed by atoms with Crippen LogP contribution in [0.5, 0.6) is 0 Å². The van der Waals surface area contributed by atoms with Gasteiger partial charge in [-0.15, -0.1) is 0 Å². The van der Waals surface area contributed by atoms with Gasteiger partial charge in [0, 0.05) is 17.4 Å². The molecule has 27 heavy (non-hydrogen) atoms. The fourth-order valence-corrected chi connectivity index (χ4v) is 3.72. The monoisotopic (exact) mass is 364 g/mol. The molecule has 0 saturated carbocycles. The van der Waals surface area contributed by atoms with Crippen LogP contribution in [-0.4, -0.2) is 27.0 Å². The third-order valence-electron chi connectivity index (χ3n) is 5.19. The molecule has 0 bridgehead atoms. The number of aromatic amines is 1. The highest BCUT2D eigenvalue weighted by atomic mass is 16.2. The van der Waals surface area contributed by atoms with Gasteiger partial charge in [-0.3, -0.25) is 14.2 Å². The molecule has 2 aromatic heterocycles. The fraction of sp³-hybridized carbons (Fsp3) is 0.381. The molecule has 1 aliphatic rings. The number of amides is 1. The first kappa shape index (κ1) is 17.5. The van der Waals surface area contributed by atoms with E-state index < -0.39 is 0 Å². The molecule has 0 unspecified atom stereocenters. The lowest BCUT2D eigenvalue weighted by Gasteiger charge is -2.13. The van der Waals surface area contributed by atoms with Crippen LogP contribution < -0.4 is 10.9 Å². The smallest absolute Gasteiger partial charge is 0.278 e. The maximum atomic E-state index is 12.7. The van der Waals surface area contributed by atoms with Gasteiger partial charge in [-0.05, 0) is 51.2 Å². The van der Waals surface area contributed by atoms with E-state index in [0.717, 1.165) is 35.7 Å². The molecule has 0 fully saturated rings. The summed E-state index contributed by atoms with van der Waals surface area (Å²) in [6.45, 7) is 2.60. The molecule has 0 atom stereocenters. The van der Waals surface area contributed by atoms with E-state index in [0.29, 0.717) is 17.6 Å². The van der Waals surface area contributed by atoms with Crippen molar-refractivity contribution in [1.29, 1.82) is 0 Å². The van der Waals surface area contributed by atoms with Crippen LogP contribution in [0.3, 0.4) is 0 Å². The molecule has 2 N–H and O–H groups in total. The molecule has 0 saturated heterocycles. The van der Waals surface area contributed by atoms with Crippen LogP contribution in [-0.2, 0) is 11.3 Å². The van der Waals surface area contributed by atoms with Gasteiger partial charge in [-0.25, -0.2) is 4.98 Å². The second-order valence-electron chi connectivity index (χ2n) is 7.28. The van der Waals surface area contributed by atoms with Crippen molar-refractivity contribution < 1.29 is 4.79 Å². The normalized spacial score (nSPS) is 14.5. The molecule has 6 nitrogen and oxygen atoms in total. The third kappa shape index (κ3) is 3.65. The molecular formula is C21H24N4O2. The van der Waals surface area contributed by atoms with Gasteiger partial charge in [0.15, 0.2) is 0 Å². The number of aryl methyl sites for hydroxylation is 1. The Morgan fingerprint density at radius 3 is 3.04 bits per heavy atom. The van der Waals surface area contributed by atoms with Gasteiger partial charge in [0.1, 0.15) is 17.6 Å². The summed E-state index contributed by atoms with van der Waals surface area (Å²) in [6, 6.07) is 5.95. The van der Waals surface area contributed by atoms with E-state index in [4.69, 9.17) is 0 Å². The lowest BCUT2D eigenvalue weighted by Crippen LogP contribution is -2.33. The maximum absolute atomic E-state index is 12.7. The van der Waals surface area contributed by atoms with Crippen LogP contribution in [0.15, 0.2) is 41.0 Å². The Balaban J connectivity index is 1.47. The van der Waals surface area contributed by atoms with Crippen molar-refractivity contribution in [2.24, 2.45) is 0 Å². The summed E-state index contributed by atoms with van der Waals surface area (Å²) in [5.41, 5.74) is 4.29. The lowest BCUT2D eigenvalue weighted by molar-refractivity contribution is -0.121. The molecule has 0 aliphatic heterocycles. The number of benzene rings is 1. The standard InChI is InChI=1S/C21H24N4O2/c1-14-7-8-17-16(11-14)19-20(24-17)21(27)25(13-23-19)12-18(26)22-10-9-15-5-3-2-4-6-15/h5,7-8,11,13,24H,2-4,6,9-10,12H2,1H3,(H,22,26).